The summed E-state index contributed by atoms with van der Waals surface area (Å²) in [4.78, 5) is 11.2. The van der Waals surface area contributed by atoms with E-state index >= 15 is 0 Å². The summed E-state index contributed by atoms with van der Waals surface area (Å²) in [5.41, 5.74) is 0.447. The van der Waals surface area contributed by atoms with E-state index < -0.39 is 18.2 Å². The standard InChI is InChI=1S/C11H13BrO4/c1-2-16-11(15)10(14)9(13)7-5-3-4-6-8(7)12/h3-6,9-10,13-14H,2H2,1H3. The van der Waals surface area contributed by atoms with Crippen molar-refractivity contribution in [2.75, 3.05) is 6.61 Å². The maximum absolute atomic E-state index is 11.2. The van der Waals surface area contributed by atoms with Gasteiger partial charge in [-0.3, -0.25) is 0 Å². The van der Waals surface area contributed by atoms with Crippen LogP contribution in [0.15, 0.2) is 28.7 Å². The monoisotopic (exact) mass is 288 g/mol. The highest BCUT2D eigenvalue weighted by atomic mass is 79.9. The van der Waals surface area contributed by atoms with Crippen molar-refractivity contribution in [3.8, 4) is 0 Å². The molecule has 0 saturated heterocycles. The molecule has 0 radical (unpaired) electrons. The number of aliphatic hydroxyl groups excluding tert-OH is 2. The third-order valence-electron chi connectivity index (χ3n) is 2.05. The normalized spacial score (nSPS) is 14.2. The molecule has 1 aromatic rings. The molecule has 0 saturated carbocycles. The Bertz CT molecular complexity index is 367. The summed E-state index contributed by atoms with van der Waals surface area (Å²) in [6, 6.07) is 6.83. The maximum atomic E-state index is 11.2. The van der Waals surface area contributed by atoms with Gasteiger partial charge in [0.05, 0.1) is 6.61 Å². The Hall–Kier alpha value is -0.910. The van der Waals surface area contributed by atoms with Gasteiger partial charge < -0.3 is 14.9 Å². The number of esters is 1. The second kappa shape index (κ2) is 5.98. The van der Waals surface area contributed by atoms with Gasteiger partial charge in [-0.25, -0.2) is 4.79 Å². The average molecular weight is 289 g/mol. The number of ether oxygens (including phenoxy) is 1. The Morgan fingerprint density at radius 2 is 2.06 bits per heavy atom. The van der Waals surface area contributed by atoms with Gasteiger partial charge in [-0.2, -0.15) is 0 Å². The summed E-state index contributed by atoms with van der Waals surface area (Å²) in [7, 11) is 0. The lowest BCUT2D eigenvalue weighted by Crippen LogP contribution is -2.30. The van der Waals surface area contributed by atoms with E-state index in [9.17, 15) is 15.0 Å². The van der Waals surface area contributed by atoms with Crippen LogP contribution in [0.2, 0.25) is 0 Å². The minimum Gasteiger partial charge on any atom is -0.464 e. The smallest absolute Gasteiger partial charge is 0.338 e. The first-order chi connectivity index (χ1) is 7.57. The van der Waals surface area contributed by atoms with E-state index in [1.165, 1.54) is 0 Å². The summed E-state index contributed by atoms with van der Waals surface area (Å²) in [6.07, 6.45) is -2.87. The average Bonchev–Trinajstić information content (AvgIpc) is 2.28. The lowest BCUT2D eigenvalue weighted by atomic mass is 10.0. The lowest BCUT2D eigenvalue weighted by molar-refractivity contribution is -0.159. The van der Waals surface area contributed by atoms with Crippen molar-refractivity contribution in [1.29, 1.82) is 0 Å². The molecule has 1 aromatic carbocycles. The summed E-state index contributed by atoms with van der Waals surface area (Å²) < 4.78 is 5.25. The first kappa shape index (κ1) is 13.2. The highest BCUT2D eigenvalue weighted by Gasteiger charge is 2.27. The predicted octanol–water partition coefficient (Wildman–Crippen LogP) is 1.41. The van der Waals surface area contributed by atoms with Gasteiger partial charge >= 0.3 is 5.97 Å². The molecule has 16 heavy (non-hydrogen) atoms. The zero-order valence-electron chi connectivity index (χ0n) is 8.76. The fourth-order valence-corrected chi connectivity index (χ4v) is 1.76. The molecule has 2 N–H and O–H groups in total. The van der Waals surface area contributed by atoms with Crippen LogP contribution in [0.4, 0.5) is 0 Å². The van der Waals surface area contributed by atoms with Crippen molar-refractivity contribution < 1.29 is 19.7 Å². The summed E-state index contributed by atoms with van der Waals surface area (Å²) in [6.45, 7) is 1.80. The molecule has 0 heterocycles. The van der Waals surface area contributed by atoms with E-state index in [4.69, 9.17) is 0 Å². The second-order valence-corrected chi connectivity index (χ2v) is 4.02. The first-order valence-electron chi connectivity index (χ1n) is 4.85. The van der Waals surface area contributed by atoms with E-state index in [1.807, 2.05) is 0 Å². The Morgan fingerprint density at radius 1 is 1.44 bits per heavy atom. The van der Waals surface area contributed by atoms with Gasteiger partial charge in [0.2, 0.25) is 0 Å². The maximum Gasteiger partial charge on any atom is 0.338 e. The van der Waals surface area contributed by atoms with Crippen molar-refractivity contribution >= 4 is 21.9 Å². The molecule has 4 nitrogen and oxygen atoms in total. The Labute approximate surface area is 102 Å². The fraction of sp³-hybridized carbons (Fsp3) is 0.364. The minimum absolute atomic E-state index is 0.165. The molecule has 2 unspecified atom stereocenters. The van der Waals surface area contributed by atoms with Gasteiger partial charge in [-0.15, -0.1) is 0 Å². The van der Waals surface area contributed by atoms with Crippen LogP contribution < -0.4 is 0 Å². The van der Waals surface area contributed by atoms with Gasteiger partial charge in [-0.1, -0.05) is 34.1 Å². The number of benzene rings is 1. The molecule has 0 aromatic heterocycles. The third kappa shape index (κ3) is 3.04. The molecule has 0 aliphatic carbocycles. The molecule has 0 fully saturated rings. The summed E-state index contributed by atoms with van der Waals surface area (Å²) >= 11 is 3.23. The fourth-order valence-electron chi connectivity index (χ4n) is 1.24. The van der Waals surface area contributed by atoms with Crippen LogP contribution in [-0.4, -0.2) is 28.9 Å². The predicted molar refractivity (Wildman–Crippen MR) is 61.7 cm³/mol. The highest BCUT2D eigenvalue weighted by molar-refractivity contribution is 9.10. The lowest BCUT2D eigenvalue weighted by Gasteiger charge is -2.17. The minimum atomic E-state index is -1.57. The van der Waals surface area contributed by atoms with Gasteiger partial charge in [0.1, 0.15) is 6.10 Å². The van der Waals surface area contributed by atoms with Gasteiger partial charge in [0.25, 0.3) is 0 Å². The SMILES string of the molecule is CCOC(=O)C(O)C(O)c1ccccc1Br. The van der Waals surface area contributed by atoms with Crippen LogP contribution in [0.3, 0.4) is 0 Å². The topological polar surface area (TPSA) is 66.8 Å². The molecule has 0 aliphatic rings. The van der Waals surface area contributed by atoms with Gasteiger partial charge in [-0.05, 0) is 18.6 Å². The highest BCUT2D eigenvalue weighted by Crippen LogP contribution is 2.25. The van der Waals surface area contributed by atoms with Crippen LogP contribution in [0, 0.1) is 0 Å². The second-order valence-electron chi connectivity index (χ2n) is 3.16. The largest absolute Gasteiger partial charge is 0.464 e. The van der Waals surface area contributed by atoms with E-state index in [2.05, 4.69) is 20.7 Å². The zero-order chi connectivity index (χ0) is 12.1. The number of carbonyl (C=O) groups is 1. The number of hydrogen-bond acceptors (Lipinski definition) is 4. The number of hydrogen-bond donors (Lipinski definition) is 2. The van der Waals surface area contributed by atoms with E-state index in [0.29, 0.717) is 10.0 Å². The number of carbonyl (C=O) groups excluding carboxylic acids is 1. The molecule has 1 rings (SSSR count). The molecule has 2 atom stereocenters. The van der Waals surface area contributed by atoms with Crippen LogP contribution in [0.25, 0.3) is 0 Å². The van der Waals surface area contributed by atoms with E-state index in [0.717, 1.165) is 0 Å². The molecule has 0 amide bonds. The Balaban J connectivity index is 2.82. The van der Waals surface area contributed by atoms with Crippen molar-refractivity contribution in [2.45, 2.75) is 19.1 Å². The van der Waals surface area contributed by atoms with Crippen LogP contribution in [0.1, 0.15) is 18.6 Å². The van der Waals surface area contributed by atoms with E-state index in [1.54, 1.807) is 31.2 Å². The summed E-state index contributed by atoms with van der Waals surface area (Å²) in [5.74, 6) is -0.828. The van der Waals surface area contributed by atoms with Crippen LogP contribution in [0.5, 0.6) is 0 Å². The van der Waals surface area contributed by atoms with E-state index in [-0.39, 0.29) is 6.61 Å². The number of aliphatic hydroxyl groups is 2. The van der Waals surface area contributed by atoms with Crippen molar-refractivity contribution in [1.82, 2.24) is 0 Å². The molecule has 5 heteroatoms. The van der Waals surface area contributed by atoms with Crippen LogP contribution >= 0.6 is 15.9 Å². The Kier molecular flexibility index (Phi) is 4.92. The zero-order valence-corrected chi connectivity index (χ0v) is 10.3. The molecule has 88 valence electrons. The molecule has 0 aliphatic heterocycles. The van der Waals surface area contributed by atoms with Crippen LogP contribution in [-0.2, 0) is 9.53 Å². The Morgan fingerprint density at radius 3 is 2.62 bits per heavy atom. The number of halogens is 1. The molecular weight excluding hydrogens is 276 g/mol. The number of rotatable bonds is 4. The molecular formula is C11H13BrO4. The van der Waals surface area contributed by atoms with Crippen molar-refractivity contribution in [3.05, 3.63) is 34.3 Å². The van der Waals surface area contributed by atoms with Gasteiger partial charge in [0, 0.05) is 4.47 Å². The first-order valence-corrected chi connectivity index (χ1v) is 5.64. The molecule has 0 bridgehead atoms. The third-order valence-corrected chi connectivity index (χ3v) is 2.77. The summed E-state index contributed by atoms with van der Waals surface area (Å²) in [5, 5.41) is 19.3. The quantitative estimate of drug-likeness (QED) is 0.822. The van der Waals surface area contributed by atoms with Gasteiger partial charge in [0.15, 0.2) is 6.10 Å². The van der Waals surface area contributed by atoms with Crippen molar-refractivity contribution in [3.63, 3.8) is 0 Å². The van der Waals surface area contributed by atoms with Crippen molar-refractivity contribution in [2.24, 2.45) is 0 Å². The molecule has 0 spiro atoms.